The van der Waals surface area contributed by atoms with Gasteiger partial charge in [0, 0.05) is 46.6 Å². The lowest BCUT2D eigenvalue weighted by atomic mass is 10.2. The molecule has 3 heterocycles. The molecule has 0 aliphatic carbocycles. The lowest BCUT2D eigenvalue weighted by Gasteiger charge is -2.10. The Balaban J connectivity index is 1.49. The Hall–Kier alpha value is -3.77. The molecule has 0 bridgehead atoms. The molecule has 5 rings (SSSR count). The quantitative estimate of drug-likeness (QED) is 0.342. The lowest BCUT2D eigenvalue weighted by molar-refractivity contribution is 0.262. The molecular formula is C23H18ClN5O. The molecule has 0 saturated carbocycles. The number of nitrogens with zero attached hydrogens (tertiary/aromatic N) is 2. The zero-order valence-corrected chi connectivity index (χ0v) is 16.4. The van der Waals surface area contributed by atoms with Gasteiger partial charge in [0.1, 0.15) is 5.65 Å². The molecule has 3 N–H and O–H groups in total. The molecule has 0 unspecified atom stereocenters. The fraction of sp³-hybridized carbons (Fsp3) is 0.0435. The van der Waals surface area contributed by atoms with E-state index in [1.807, 2.05) is 12.1 Å². The third kappa shape index (κ3) is 3.49. The van der Waals surface area contributed by atoms with E-state index in [9.17, 15) is 4.79 Å². The third-order valence-corrected chi connectivity index (χ3v) is 5.00. The average molecular weight is 418 g/mol. The van der Waals surface area contributed by atoms with Crippen molar-refractivity contribution < 1.29 is 7.54 Å². The molecule has 6 nitrogen and oxygen atoms in total. The smallest absolute Gasteiger partial charge is 0.323 e. The van der Waals surface area contributed by atoms with Gasteiger partial charge in [-0.05, 0) is 54.1 Å². The van der Waals surface area contributed by atoms with Gasteiger partial charge in [-0.25, -0.2) is 9.78 Å². The summed E-state index contributed by atoms with van der Waals surface area (Å²) in [7, 11) is 0. The molecule has 3 aromatic heterocycles. The van der Waals surface area contributed by atoms with E-state index in [-0.39, 0.29) is 0 Å². The summed E-state index contributed by atoms with van der Waals surface area (Å²) in [6, 6.07) is 17.1. The second-order valence-electron chi connectivity index (χ2n) is 6.72. The summed E-state index contributed by atoms with van der Waals surface area (Å²) in [4.78, 5) is 19.8. The van der Waals surface area contributed by atoms with Crippen molar-refractivity contribution in [1.29, 1.82) is 0 Å². The Labute approximate surface area is 180 Å². The molecule has 7 heteroatoms. The van der Waals surface area contributed by atoms with Crippen molar-refractivity contribution in [3.05, 3.63) is 89.8 Å². The predicted molar refractivity (Wildman–Crippen MR) is 121 cm³/mol. The number of H-pyrrole nitrogens is 1. The zero-order chi connectivity index (χ0) is 22.3. The highest BCUT2D eigenvalue weighted by atomic mass is 35.5. The van der Waals surface area contributed by atoms with Crippen molar-refractivity contribution in [1.82, 2.24) is 14.5 Å². The topological polar surface area (TPSA) is 74.7 Å². The molecule has 0 spiro atoms. The second kappa shape index (κ2) is 7.57. The van der Waals surface area contributed by atoms with Gasteiger partial charge in [-0.3, -0.25) is 0 Å². The molecule has 0 radical (unpaired) electrons. The number of nitrogens with one attached hydrogen (secondary N) is 3. The van der Waals surface area contributed by atoms with Crippen LogP contribution in [0.5, 0.6) is 0 Å². The van der Waals surface area contributed by atoms with Crippen LogP contribution in [0.3, 0.4) is 0 Å². The first kappa shape index (κ1) is 16.1. The molecule has 0 saturated heterocycles. The van der Waals surface area contributed by atoms with Crippen molar-refractivity contribution in [3.8, 4) is 0 Å². The van der Waals surface area contributed by atoms with E-state index in [0.717, 1.165) is 10.8 Å². The van der Waals surface area contributed by atoms with Gasteiger partial charge in [-0.15, -0.1) is 0 Å². The molecule has 2 aromatic carbocycles. The first-order valence-corrected chi connectivity index (χ1v) is 9.68. The third-order valence-electron chi connectivity index (χ3n) is 4.76. The number of aromatic amines is 1. The first-order chi connectivity index (χ1) is 15.4. The van der Waals surface area contributed by atoms with Gasteiger partial charge >= 0.3 is 6.03 Å². The highest BCUT2D eigenvalue weighted by molar-refractivity contribution is 6.30. The van der Waals surface area contributed by atoms with Gasteiger partial charge in [0.25, 0.3) is 0 Å². The monoisotopic (exact) mass is 417 g/mol. The molecule has 30 heavy (non-hydrogen) atoms. The number of fused-ring (bicyclic) bond motifs is 2. The van der Waals surface area contributed by atoms with E-state index < -0.39 is 12.5 Å². The van der Waals surface area contributed by atoms with E-state index in [0.29, 0.717) is 33.1 Å². The lowest BCUT2D eigenvalue weighted by Crippen LogP contribution is -2.19. The molecule has 148 valence electrons. The highest BCUT2D eigenvalue weighted by Gasteiger charge is 2.11. The Morgan fingerprint density at radius 3 is 2.90 bits per heavy atom. The molecular weight excluding hydrogens is 398 g/mol. The number of halogens is 1. The number of benzene rings is 2. The van der Waals surface area contributed by atoms with Crippen LogP contribution >= 0.6 is 11.6 Å². The highest BCUT2D eigenvalue weighted by Crippen LogP contribution is 2.27. The van der Waals surface area contributed by atoms with Crippen molar-refractivity contribution in [2.75, 3.05) is 10.6 Å². The maximum absolute atomic E-state index is 12.5. The van der Waals surface area contributed by atoms with E-state index in [1.165, 1.54) is 0 Å². The van der Waals surface area contributed by atoms with Crippen LogP contribution in [-0.2, 0) is 6.50 Å². The van der Waals surface area contributed by atoms with Crippen molar-refractivity contribution >= 4 is 50.9 Å². The van der Waals surface area contributed by atoms with Crippen molar-refractivity contribution in [3.63, 3.8) is 0 Å². The SMILES string of the molecule is [2H]C([2H])(c1ccnc2[nH]ccc12)n1ccc2c(NC(=O)Nc3cccc(Cl)c3)cccc21. The Morgan fingerprint density at radius 2 is 2.00 bits per heavy atom. The minimum absolute atomic E-state index is 0.418. The summed E-state index contributed by atoms with van der Waals surface area (Å²) in [6.07, 6.45) is 5.01. The fourth-order valence-corrected chi connectivity index (χ4v) is 3.60. The van der Waals surface area contributed by atoms with Gasteiger partial charge < -0.3 is 20.2 Å². The Bertz CT molecular complexity index is 1460. The average Bonchev–Trinajstić information content (AvgIpc) is 3.41. The van der Waals surface area contributed by atoms with Gasteiger partial charge in [-0.1, -0.05) is 23.7 Å². The normalized spacial score (nSPS) is 12.6. The Morgan fingerprint density at radius 1 is 1.10 bits per heavy atom. The Kier molecular flexibility index (Phi) is 4.06. The van der Waals surface area contributed by atoms with Gasteiger partial charge in [0.2, 0.25) is 0 Å². The number of hydrogen-bond acceptors (Lipinski definition) is 2. The van der Waals surface area contributed by atoms with Crippen molar-refractivity contribution in [2.24, 2.45) is 0 Å². The van der Waals surface area contributed by atoms with Crippen LogP contribution in [0.2, 0.25) is 5.02 Å². The fourth-order valence-electron chi connectivity index (χ4n) is 3.41. The molecule has 0 atom stereocenters. The van der Waals surface area contributed by atoms with E-state index >= 15 is 0 Å². The number of aromatic nitrogens is 3. The predicted octanol–water partition coefficient (Wildman–Crippen LogP) is 5.86. The summed E-state index contributed by atoms with van der Waals surface area (Å²) in [6.45, 7) is -1.84. The molecule has 0 aliphatic rings. The molecule has 0 fully saturated rings. The minimum atomic E-state index is -1.84. The summed E-state index contributed by atoms with van der Waals surface area (Å²) >= 11 is 5.98. The van der Waals surface area contributed by atoms with Crippen LogP contribution in [0.25, 0.3) is 21.9 Å². The van der Waals surface area contributed by atoms with Gasteiger partial charge in [0.05, 0.1) is 13.9 Å². The van der Waals surface area contributed by atoms with Crippen molar-refractivity contribution in [2.45, 2.75) is 6.50 Å². The van der Waals surface area contributed by atoms with Crippen LogP contribution in [-0.4, -0.2) is 20.6 Å². The largest absolute Gasteiger partial charge is 0.346 e. The van der Waals surface area contributed by atoms with E-state index in [2.05, 4.69) is 20.6 Å². The van der Waals surface area contributed by atoms with E-state index in [4.69, 9.17) is 14.3 Å². The second-order valence-corrected chi connectivity index (χ2v) is 7.16. The molecule has 2 amide bonds. The van der Waals surface area contributed by atoms with Gasteiger partial charge in [0.15, 0.2) is 0 Å². The summed E-state index contributed by atoms with van der Waals surface area (Å²) in [5, 5.41) is 7.55. The zero-order valence-electron chi connectivity index (χ0n) is 17.7. The number of carbonyl (C=O) groups excluding carboxylic acids is 1. The van der Waals surface area contributed by atoms with Crippen LogP contribution < -0.4 is 10.6 Å². The maximum atomic E-state index is 12.5. The first-order valence-electron chi connectivity index (χ1n) is 10.3. The number of hydrogen-bond donors (Lipinski definition) is 3. The number of amides is 2. The van der Waals surface area contributed by atoms with E-state index in [1.54, 1.807) is 71.7 Å². The van der Waals surface area contributed by atoms with Crippen LogP contribution in [0.4, 0.5) is 16.2 Å². The molecule has 5 aromatic rings. The summed E-state index contributed by atoms with van der Waals surface area (Å²) in [5.74, 6) is 0. The number of urea groups is 1. The minimum Gasteiger partial charge on any atom is -0.346 e. The molecule has 0 aliphatic heterocycles. The van der Waals surface area contributed by atoms with Crippen LogP contribution in [0.1, 0.15) is 8.30 Å². The van der Waals surface area contributed by atoms with Gasteiger partial charge in [-0.2, -0.15) is 0 Å². The number of anilines is 2. The number of pyridine rings is 1. The summed E-state index contributed by atoms with van der Waals surface area (Å²) in [5.41, 5.74) is 2.92. The van der Waals surface area contributed by atoms with Crippen LogP contribution in [0.15, 0.2) is 79.3 Å². The van der Waals surface area contributed by atoms with Crippen LogP contribution in [0, 0.1) is 0 Å². The number of rotatable bonds is 4. The maximum Gasteiger partial charge on any atom is 0.323 e. The number of carbonyl (C=O) groups is 1. The standard InChI is InChI=1S/C23H18ClN5O/c24-16-3-1-4-17(13-16)27-23(30)28-20-5-2-6-21-19(20)9-12-29(21)14-15-7-10-25-22-18(15)8-11-26-22/h1-13H,14H2,(H,25,26)(H2,27,28,30)/i14D2. The summed E-state index contributed by atoms with van der Waals surface area (Å²) < 4.78 is 19.3.